The van der Waals surface area contributed by atoms with E-state index in [4.69, 9.17) is 0 Å². The van der Waals surface area contributed by atoms with Gasteiger partial charge in [0.2, 0.25) is 0 Å². The second kappa shape index (κ2) is 3.93. The van der Waals surface area contributed by atoms with Crippen LogP contribution in [0.15, 0.2) is 60.7 Å². The van der Waals surface area contributed by atoms with Crippen LogP contribution in [-0.2, 0) is 0 Å². The summed E-state index contributed by atoms with van der Waals surface area (Å²) in [6.07, 6.45) is 7.91. The summed E-state index contributed by atoms with van der Waals surface area (Å²) in [6, 6.07) is 18.6. The monoisotopic (exact) mass is 284 g/mol. The highest BCUT2D eigenvalue weighted by molar-refractivity contribution is 5.50. The molecule has 0 radical (unpaired) electrons. The number of hydrogen-bond donors (Lipinski definition) is 0. The molecule has 0 saturated carbocycles. The average molecular weight is 284 g/mol. The third kappa shape index (κ3) is 1.26. The van der Waals surface area contributed by atoms with Gasteiger partial charge in [-0.05, 0) is 70.6 Å². The molecule has 22 heavy (non-hydrogen) atoms. The predicted octanol–water partition coefficient (Wildman–Crippen LogP) is 5.34. The molecule has 108 valence electrons. The molecule has 6 atom stereocenters. The molecule has 0 aliphatic heterocycles. The van der Waals surface area contributed by atoms with E-state index in [-0.39, 0.29) is 0 Å². The Morgan fingerprint density at radius 3 is 1.14 bits per heavy atom. The van der Waals surface area contributed by atoms with Crippen molar-refractivity contribution < 1.29 is 0 Å². The summed E-state index contributed by atoms with van der Waals surface area (Å²) in [5, 5.41) is 0. The van der Waals surface area contributed by atoms with Gasteiger partial charge in [-0.3, -0.25) is 0 Å². The topological polar surface area (TPSA) is 0 Å². The van der Waals surface area contributed by atoms with Crippen molar-refractivity contribution in [2.45, 2.75) is 36.5 Å². The molecule has 2 unspecified atom stereocenters. The molecule has 0 N–H and O–H groups in total. The summed E-state index contributed by atoms with van der Waals surface area (Å²) in [4.78, 5) is 0. The molecule has 2 aromatic carbocycles. The van der Waals surface area contributed by atoms with Crippen molar-refractivity contribution in [3.8, 4) is 0 Å². The molecule has 4 aliphatic rings. The summed E-state index contributed by atoms with van der Waals surface area (Å²) >= 11 is 0. The van der Waals surface area contributed by atoms with Gasteiger partial charge in [-0.15, -0.1) is 0 Å². The van der Waals surface area contributed by atoms with Gasteiger partial charge in [0.25, 0.3) is 0 Å². The van der Waals surface area contributed by atoms with Gasteiger partial charge < -0.3 is 0 Å². The van der Waals surface area contributed by atoms with E-state index in [1.165, 1.54) is 12.8 Å². The van der Waals surface area contributed by atoms with Crippen molar-refractivity contribution in [3.63, 3.8) is 0 Å². The van der Waals surface area contributed by atoms with Crippen LogP contribution in [-0.4, -0.2) is 0 Å². The van der Waals surface area contributed by atoms with Gasteiger partial charge in [-0.25, -0.2) is 0 Å². The molecule has 0 spiro atoms. The van der Waals surface area contributed by atoms with Crippen molar-refractivity contribution in [2.24, 2.45) is 11.8 Å². The average Bonchev–Trinajstić information content (AvgIpc) is 2.86. The molecule has 0 heterocycles. The quantitative estimate of drug-likeness (QED) is 0.572. The first-order chi connectivity index (χ1) is 10.9. The van der Waals surface area contributed by atoms with Gasteiger partial charge in [0, 0.05) is 0 Å². The first-order valence-electron chi connectivity index (χ1n) is 8.78. The predicted molar refractivity (Wildman–Crippen MR) is 89.2 cm³/mol. The molecule has 0 nitrogen and oxygen atoms in total. The molecule has 0 amide bonds. The Bertz CT molecular complexity index is 674. The number of benzene rings is 2. The molecule has 4 aliphatic carbocycles. The lowest BCUT2D eigenvalue weighted by molar-refractivity contribution is 0.323. The third-order valence-corrected chi connectivity index (χ3v) is 7.02. The van der Waals surface area contributed by atoms with E-state index in [0.717, 1.165) is 35.5 Å². The van der Waals surface area contributed by atoms with Crippen LogP contribution in [0.2, 0.25) is 0 Å². The lowest BCUT2D eigenvalue weighted by Gasteiger charge is -2.29. The summed E-state index contributed by atoms with van der Waals surface area (Å²) < 4.78 is 0. The van der Waals surface area contributed by atoms with E-state index in [1.54, 1.807) is 22.3 Å². The smallest absolute Gasteiger partial charge is 0.00843 e. The summed E-state index contributed by atoms with van der Waals surface area (Å²) in [5.74, 6) is 4.51. The van der Waals surface area contributed by atoms with E-state index in [9.17, 15) is 0 Å². The number of rotatable bonds is 0. The van der Waals surface area contributed by atoms with Gasteiger partial charge in [-0.2, -0.15) is 0 Å². The van der Waals surface area contributed by atoms with E-state index in [1.807, 2.05) is 0 Å². The molecule has 0 heteroatoms. The van der Waals surface area contributed by atoms with Gasteiger partial charge in [0.15, 0.2) is 0 Å². The molecule has 0 aromatic heterocycles. The van der Waals surface area contributed by atoms with Crippen molar-refractivity contribution in [1.82, 2.24) is 0 Å². The van der Waals surface area contributed by atoms with Crippen molar-refractivity contribution in [1.29, 1.82) is 0 Å². The summed E-state index contributed by atoms with van der Waals surface area (Å²) in [5.41, 5.74) is 6.64. The number of hydrogen-bond acceptors (Lipinski definition) is 0. The van der Waals surface area contributed by atoms with E-state index >= 15 is 0 Å². The maximum absolute atomic E-state index is 2.60. The van der Waals surface area contributed by atoms with Crippen LogP contribution >= 0.6 is 0 Å². The third-order valence-electron chi connectivity index (χ3n) is 7.02. The second-order valence-corrected chi connectivity index (χ2v) is 7.69. The highest BCUT2D eigenvalue weighted by atomic mass is 14.5. The van der Waals surface area contributed by atoms with Gasteiger partial charge in [0.1, 0.15) is 0 Å². The van der Waals surface area contributed by atoms with Crippen LogP contribution in [0, 0.1) is 11.8 Å². The fraction of sp³-hybridized carbons (Fsp3) is 0.364. The van der Waals surface area contributed by atoms with Gasteiger partial charge >= 0.3 is 0 Å². The van der Waals surface area contributed by atoms with E-state index in [2.05, 4.69) is 60.7 Å². The second-order valence-electron chi connectivity index (χ2n) is 7.69. The standard InChI is InChI=1S/C22H20/c1-2-6-14-13(5-1)19-11-21-15-7-3-4-8-16(15)22-12-20(14)17(19)9-10-18(21)22/h1-10,17-22H,11-12H2/t17?,18?,19-,20+,21+,22-. The zero-order chi connectivity index (χ0) is 14.3. The van der Waals surface area contributed by atoms with Gasteiger partial charge in [-0.1, -0.05) is 60.7 Å². The molecule has 0 fully saturated rings. The molecular formula is C22H20. The number of allylic oxidation sites excluding steroid dienone is 2. The van der Waals surface area contributed by atoms with Crippen LogP contribution < -0.4 is 0 Å². The minimum Gasteiger partial charge on any atom is -0.0839 e. The van der Waals surface area contributed by atoms with Crippen LogP contribution in [0.1, 0.15) is 58.8 Å². The Balaban J connectivity index is 1.61. The summed E-state index contributed by atoms with van der Waals surface area (Å²) in [6.45, 7) is 0. The maximum atomic E-state index is 2.60. The van der Waals surface area contributed by atoms with Crippen LogP contribution in [0.25, 0.3) is 0 Å². The van der Waals surface area contributed by atoms with Crippen molar-refractivity contribution in [2.75, 3.05) is 0 Å². The largest absolute Gasteiger partial charge is 0.0839 e. The lowest BCUT2D eigenvalue weighted by Crippen LogP contribution is -2.18. The molecular weight excluding hydrogens is 264 g/mol. The summed E-state index contributed by atoms with van der Waals surface area (Å²) in [7, 11) is 0. The maximum Gasteiger partial charge on any atom is -0.00843 e. The van der Waals surface area contributed by atoms with Crippen molar-refractivity contribution >= 4 is 0 Å². The zero-order valence-corrected chi connectivity index (χ0v) is 12.7. The van der Waals surface area contributed by atoms with Crippen molar-refractivity contribution in [3.05, 3.63) is 82.9 Å². The van der Waals surface area contributed by atoms with Gasteiger partial charge in [0.05, 0.1) is 0 Å². The van der Waals surface area contributed by atoms with Crippen LogP contribution in [0.3, 0.4) is 0 Å². The highest BCUT2D eigenvalue weighted by Crippen LogP contribution is 2.64. The lowest BCUT2D eigenvalue weighted by atomic mass is 9.74. The van der Waals surface area contributed by atoms with E-state index < -0.39 is 0 Å². The SMILES string of the molecule is C1=CC2[C@@H]3C[C@H]4c5ccccc5[C@@H](C[C@H]2c2ccccc23)C14. The first-order valence-corrected chi connectivity index (χ1v) is 8.78. The fourth-order valence-electron chi connectivity index (χ4n) is 6.24. The van der Waals surface area contributed by atoms with E-state index in [0.29, 0.717) is 0 Å². The Labute approximate surface area is 131 Å². The minimum absolute atomic E-state index is 0.750. The normalized spacial score (nSPS) is 39.3. The minimum atomic E-state index is 0.750. The molecule has 0 saturated heterocycles. The first kappa shape index (κ1) is 11.7. The van der Waals surface area contributed by atoms with Crippen LogP contribution in [0.5, 0.6) is 0 Å². The zero-order valence-electron chi connectivity index (χ0n) is 12.7. The highest BCUT2D eigenvalue weighted by Gasteiger charge is 2.51. The Morgan fingerprint density at radius 1 is 0.500 bits per heavy atom. The number of fused-ring (bicyclic) bond motifs is 6. The molecule has 2 bridgehead atoms. The molecule has 6 rings (SSSR count). The Morgan fingerprint density at radius 2 is 0.818 bits per heavy atom. The fourth-order valence-corrected chi connectivity index (χ4v) is 6.24. The Kier molecular flexibility index (Phi) is 2.09. The molecule has 2 aromatic rings. The Hall–Kier alpha value is -1.82. The van der Waals surface area contributed by atoms with Crippen LogP contribution in [0.4, 0.5) is 0 Å².